The molecule has 1 aliphatic rings. The lowest BCUT2D eigenvalue weighted by atomic mass is 10.1. The van der Waals surface area contributed by atoms with Crippen molar-refractivity contribution < 1.29 is 9.53 Å². The normalized spacial score (nSPS) is 16.6. The number of hydrogen-bond donors (Lipinski definition) is 0. The lowest BCUT2D eigenvalue weighted by Gasteiger charge is -2.02. The van der Waals surface area contributed by atoms with Gasteiger partial charge in [-0.25, -0.2) is 4.79 Å². The first-order valence-electron chi connectivity index (χ1n) is 4.13. The SMILES string of the molecule is CC(C)=C1C=C(C(C)C)OC1=O. The van der Waals surface area contributed by atoms with Gasteiger partial charge in [0.05, 0.1) is 5.57 Å². The maximum atomic E-state index is 11.2. The van der Waals surface area contributed by atoms with Crippen LogP contribution in [-0.4, -0.2) is 5.97 Å². The summed E-state index contributed by atoms with van der Waals surface area (Å²) in [5.74, 6) is 0.848. The average molecular weight is 166 g/mol. The van der Waals surface area contributed by atoms with Crippen molar-refractivity contribution in [3.8, 4) is 0 Å². The van der Waals surface area contributed by atoms with Crippen LogP contribution < -0.4 is 0 Å². The van der Waals surface area contributed by atoms with E-state index in [4.69, 9.17) is 4.74 Å². The predicted molar refractivity (Wildman–Crippen MR) is 47.4 cm³/mol. The fourth-order valence-corrected chi connectivity index (χ4v) is 1.03. The molecule has 2 heteroatoms. The van der Waals surface area contributed by atoms with E-state index in [-0.39, 0.29) is 11.9 Å². The Kier molecular flexibility index (Phi) is 2.36. The van der Waals surface area contributed by atoms with Gasteiger partial charge in [-0.1, -0.05) is 19.4 Å². The van der Waals surface area contributed by atoms with Gasteiger partial charge < -0.3 is 4.74 Å². The van der Waals surface area contributed by atoms with Crippen molar-refractivity contribution in [2.24, 2.45) is 5.92 Å². The van der Waals surface area contributed by atoms with Gasteiger partial charge in [-0.2, -0.15) is 0 Å². The minimum Gasteiger partial charge on any atom is -0.427 e. The number of cyclic esters (lactones) is 1. The van der Waals surface area contributed by atoms with Gasteiger partial charge in [-0.05, 0) is 19.9 Å². The Hall–Kier alpha value is -1.05. The summed E-state index contributed by atoms with van der Waals surface area (Å²) in [6.07, 6.45) is 1.84. The first-order chi connectivity index (χ1) is 5.52. The number of esters is 1. The highest BCUT2D eigenvalue weighted by molar-refractivity contribution is 5.95. The lowest BCUT2D eigenvalue weighted by Crippen LogP contribution is -2.01. The van der Waals surface area contributed by atoms with Gasteiger partial charge in [-0.3, -0.25) is 0 Å². The van der Waals surface area contributed by atoms with Crippen LogP contribution in [-0.2, 0) is 9.53 Å². The van der Waals surface area contributed by atoms with Crippen molar-refractivity contribution in [1.82, 2.24) is 0 Å². The average Bonchev–Trinajstić information content (AvgIpc) is 2.30. The molecular weight excluding hydrogens is 152 g/mol. The van der Waals surface area contributed by atoms with E-state index in [1.54, 1.807) is 0 Å². The molecule has 0 unspecified atom stereocenters. The third kappa shape index (κ3) is 1.58. The summed E-state index contributed by atoms with van der Waals surface area (Å²) < 4.78 is 5.06. The molecule has 0 aromatic heterocycles. The number of allylic oxidation sites excluding steroid dienone is 2. The van der Waals surface area contributed by atoms with Gasteiger partial charge in [-0.15, -0.1) is 0 Å². The van der Waals surface area contributed by atoms with E-state index in [9.17, 15) is 4.79 Å². The van der Waals surface area contributed by atoms with Crippen molar-refractivity contribution in [2.75, 3.05) is 0 Å². The van der Waals surface area contributed by atoms with Crippen molar-refractivity contribution in [3.05, 3.63) is 23.0 Å². The van der Waals surface area contributed by atoms with Crippen molar-refractivity contribution in [3.63, 3.8) is 0 Å². The van der Waals surface area contributed by atoms with Crippen molar-refractivity contribution in [1.29, 1.82) is 0 Å². The Balaban J connectivity index is 2.96. The summed E-state index contributed by atoms with van der Waals surface area (Å²) in [7, 11) is 0. The summed E-state index contributed by atoms with van der Waals surface area (Å²) in [6, 6.07) is 0. The molecule has 1 aliphatic heterocycles. The third-order valence-corrected chi connectivity index (χ3v) is 1.82. The Bertz CT molecular complexity index is 266. The molecule has 0 aliphatic carbocycles. The summed E-state index contributed by atoms with van der Waals surface area (Å²) >= 11 is 0. The molecule has 0 saturated carbocycles. The molecule has 0 amide bonds. The lowest BCUT2D eigenvalue weighted by molar-refractivity contribution is -0.133. The summed E-state index contributed by atoms with van der Waals surface area (Å²) in [6.45, 7) is 7.84. The first-order valence-corrected chi connectivity index (χ1v) is 4.13. The number of carbonyl (C=O) groups is 1. The van der Waals surface area contributed by atoms with Gasteiger partial charge in [0.1, 0.15) is 5.76 Å². The van der Waals surface area contributed by atoms with E-state index in [0.29, 0.717) is 5.57 Å². The molecule has 1 rings (SSSR count). The highest BCUT2D eigenvalue weighted by Crippen LogP contribution is 2.24. The van der Waals surface area contributed by atoms with E-state index >= 15 is 0 Å². The maximum absolute atomic E-state index is 11.2. The van der Waals surface area contributed by atoms with Crippen LogP contribution in [0.5, 0.6) is 0 Å². The van der Waals surface area contributed by atoms with Crippen LogP contribution in [0, 0.1) is 5.92 Å². The molecule has 66 valence electrons. The number of hydrogen-bond acceptors (Lipinski definition) is 2. The molecule has 0 aromatic rings. The Morgan fingerprint density at radius 2 is 2.00 bits per heavy atom. The smallest absolute Gasteiger partial charge is 0.343 e. The zero-order valence-electron chi connectivity index (χ0n) is 7.97. The largest absolute Gasteiger partial charge is 0.427 e. The van der Waals surface area contributed by atoms with Gasteiger partial charge in [0, 0.05) is 5.92 Å². The summed E-state index contributed by atoms with van der Waals surface area (Å²) in [4.78, 5) is 11.2. The fraction of sp³-hybridized carbons (Fsp3) is 0.500. The van der Waals surface area contributed by atoms with Crippen LogP contribution in [0.3, 0.4) is 0 Å². The number of rotatable bonds is 1. The molecule has 0 aromatic carbocycles. The second-order valence-electron chi connectivity index (χ2n) is 3.50. The van der Waals surface area contributed by atoms with E-state index in [1.807, 2.05) is 33.8 Å². The van der Waals surface area contributed by atoms with Crippen LogP contribution in [0.2, 0.25) is 0 Å². The van der Waals surface area contributed by atoms with Gasteiger partial charge in [0.2, 0.25) is 0 Å². The van der Waals surface area contributed by atoms with Gasteiger partial charge >= 0.3 is 5.97 Å². The summed E-state index contributed by atoms with van der Waals surface area (Å²) in [5.41, 5.74) is 1.72. The quantitative estimate of drug-likeness (QED) is 0.441. The van der Waals surface area contributed by atoms with E-state index < -0.39 is 0 Å². The second-order valence-corrected chi connectivity index (χ2v) is 3.50. The molecule has 1 heterocycles. The minimum absolute atomic E-state index is 0.210. The van der Waals surface area contributed by atoms with Crippen LogP contribution in [0.15, 0.2) is 23.0 Å². The minimum atomic E-state index is -0.210. The van der Waals surface area contributed by atoms with E-state index in [1.165, 1.54) is 0 Å². The maximum Gasteiger partial charge on any atom is 0.343 e. The predicted octanol–water partition coefficient (Wildman–Crippen LogP) is 2.42. The zero-order valence-corrected chi connectivity index (χ0v) is 7.97. The third-order valence-electron chi connectivity index (χ3n) is 1.82. The van der Waals surface area contributed by atoms with Crippen LogP contribution in [0.4, 0.5) is 0 Å². The fourth-order valence-electron chi connectivity index (χ4n) is 1.03. The standard InChI is InChI=1S/C10H14O2/c1-6(2)8-5-9(7(3)4)12-10(8)11/h5,7H,1-4H3. The molecule has 0 N–H and O–H groups in total. The molecule has 0 spiro atoms. The first kappa shape index (κ1) is 9.04. The molecule has 0 saturated heterocycles. The molecular formula is C10H14O2. The highest BCUT2D eigenvalue weighted by Gasteiger charge is 2.23. The molecule has 2 nitrogen and oxygen atoms in total. The molecule has 0 fully saturated rings. The number of ether oxygens (including phenoxy) is 1. The number of carbonyl (C=O) groups excluding carboxylic acids is 1. The molecule has 0 atom stereocenters. The Labute approximate surface area is 72.9 Å². The topological polar surface area (TPSA) is 26.3 Å². The molecule has 0 radical (unpaired) electrons. The summed E-state index contributed by atoms with van der Waals surface area (Å²) in [5, 5.41) is 0. The van der Waals surface area contributed by atoms with Gasteiger partial charge in [0.15, 0.2) is 0 Å². The zero-order chi connectivity index (χ0) is 9.30. The Morgan fingerprint density at radius 1 is 1.42 bits per heavy atom. The highest BCUT2D eigenvalue weighted by atomic mass is 16.5. The van der Waals surface area contributed by atoms with E-state index in [0.717, 1.165) is 11.3 Å². The molecule has 12 heavy (non-hydrogen) atoms. The second kappa shape index (κ2) is 3.13. The van der Waals surface area contributed by atoms with Crippen LogP contribution in [0.1, 0.15) is 27.7 Å². The van der Waals surface area contributed by atoms with Crippen LogP contribution in [0.25, 0.3) is 0 Å². The van der Waals surface area contributed by atoms with Gasteiger partial charge in [0.25, 0.3) is 0 Å². The Morgan fingerprint density at radius 3 is 2.25 bits per heavy atom. The van der Waals surface area contributed by atoms with Crippen molar-refractivity contribution in [2.45, 2.75) is 27.7 Å². The van der Waals surface area contributed by atoms with Crippen LogP contribution >= 0.6 is 0 Å². The van der Waals surface area contributed by atoms with E-state index in [2.05, 4.69) is 0 Å². The monoisotopic (exact) mass is 166 g/mol. The molecule has 0 bridgehead atoms. The van der Waals surface area contributed by atoms with Crippen molar-refractivity contribution >= 4 is 5.97 Å².